The van der Waals surface area contributed by atoms with Gasteiger partial charge in [-0.25, -0.2) is 4.79 Å². The van der Waals surface area contributed by atoms with Crippen molar-refractivity contribution in [3.8, 4) is 11.3 Å². The van der Waals surface area contributed by atoms with Crippen molar-refractivity contribution in [3.05, 3.63) is 74.9 Å². The van der Waals surface area contributed by atoms with Crippen molar-refractivity contribution in [2.24, 2.45) is 0 Å². The summed E-state index contributed by atoms with van der Waals surface area (Å²) in [5, 5.41) is 4.46. The molecule has 6 heteroatoms. The van der Waals surface area contributed by atoms with Crippen LogP contribution in [0.5, 0.6) is 0 Å². The summed E-state index contributed by atoms with van der Waals surface area (Å²) in [6, 6.07) is 14.7. The Balaban J connectivity index is 1.85. The lowest BCUT2D eigenvalue weighted by molar-refractivity contribution is 0.0471. The van der Waals surface area contributed by atoms with Crippen molar-refractivity contribution in [2.45, 2.75) is 13.5 Å². The summed E-state index contributed by atoms with van der Waals surface area (Å²) >= 11 is 9.59. The molecule has 0 spiro atoms. The summed E-state index contributed by atoms with van der Waals surface area (Å²) in [5.74, 6) is -0.104. The first-order valence-corrected chi connectivity index (χ1v) is 8.36. The summed E-state index contributed by atoms with van der Waals surface area (Å²) in [6.07, 6.45) is 0. The number of benzene rings is 2. The number of ether oxygens (including phenoxy) is 1. The van der Waals surface area contributed by atoms with E-state index in [0.717, 1.165) is 10.0 Å². The second-order valence-corrected chi connectivity index (χ2v) is 6.47. The van der Waals surface area contributed by atoms with Crippen LogP contribution in [0.2, 0.25) is 5.02 Å². The molecular formula is C18H13BrClNO3. The minimum atomic E-state index is -0.497. The maximum Gasteiger partial charge on any atom is 0.344 e. The third-order valence-corrected chi connectivity index (χ3v) is 4.28. The second kappa shape index (κ2) is 7.20. The molecular weight excluding hydrogens is 394 g/mol. The van der Waals surface area contributed by atoms with Gasteiger partial charge in [0, 0.05) is 10.0 Å². The average Bonchev–Trinajstić information content (AvgIpc) is 2.95. The summed E-state index contributed by atoms with van der Waals surface area (Å²) in [5.41, 5.74) is 2.19. The van der Waals surface area contributed by atoms with E-state index in [-0.39, 0.29) is 12.2 Å². The molecule has 1 aromatic heterocycles. The van der Waals surface area contributed by atoms with Crippen LogP contribution < -0.4 is 0 Å². The zero-order valence-corrected chi connectivity index (χ0v) is 15.1. The fraction of sp³-hybridized carbons (Fsp3) is 0.111. The summed E-state index contributed by atoms with van der Waals surface area (Å²) in [4.78, 5) is 12.5. The monoisotopic (exact) mass is 405 g/mol. The van der Waals surface area contributed by atoms with Crippen molar-refractivity contribution >= 4 is 33.5 Å². The minimum Gasteiger partial charge on any atom is -0.457 e. The number of hydrogen-bond acceptors (Lipinski definition) is 4. The molecule has 0 amide bonds. The second-order valence-electron chi connectivity index (χ2n) is 5.15. The Labute approximate surface area is 152 Å². The Hall–Kier alpha value is -2.11. The molecule has 0 fully saturated rings. The standard InChI is InChI=1S/C18H13BrClNO3/c1-11-16(17(21-24-11)14-7-2-3-8-15(14)20)18(22)23-10-12-5-4-6-13(19)9-12/h2-9H,10H2,1H3. The van der Waals surface area contributed by atoms with Crippen molar-refractivity contribution in [2.75, 3.05) is 0 Å². The Kier molecular flexibility index (Phi) is 5.02. The summed E-state index contributed by atoms with van der Waals surface area (Å²) in [6.45, 7) is 1.83. The third-order valence-electron chi connectivity index (χ3n) is 3.45. The molecule has 0 saturated carbocycles. The maximum absolute atomic E-state index is 12.5. The van der Waals surface area contributed by atoms with Gasteiger partial charge >= 0.3 is 5.97 Å². The van der Waals surface area contributed by atoms with Crippen LogP contribution in [0.4, 0.5) is 0 Å². The van der Waals surface area contributed by atoms with Crippen LogP contribution in [-0.4, -0.2) is 11.1 Å². The number of carbonyl (C=O) groups excluding carboxylic acids is 1. The van der Waals surface area contributed by atoms with E-state index < -0.39 is 5.97 Å². The third kappa shape index (κ3) is 3.52. The Bertz CT molecular complexity index is 891. The molecule has 0 bridgehead atoms. The first-order chi connectivity index (χ1) is 11.6. The Morgan fingerprint density at radius 3 is 2.79 bits per heavy atom. The van der Waals surface area contributed by atoms with Gasteiger partial charge in [-0.05, 0) is 30.7 Å². The molecule has 0 unspecified atom stereocenters. The zero-order chi connectivity index (χ0) is 17.1. The molecule has 0 aliphatic carbocycles. The lowest BCUT2D eigenvalue weighted by Crippen LogP contribution is -2.07. The molecule has 0 aliphatic rings. The fourth-order valence-electron chi connectivity index (χ4n) is 2.30. The van der Waals surface area contributed by atoms with E-state index in [9.17, 15) is 4.79 Å². The van der Waals surface area contributed by atoms with Gasteiger partial charge in [-0.2, -0.15) is 0 Å². The number of halogens is 2. The van der Waals surface area contributed by atoms with Crippen LogP contribution in [-0.2, 0) is 11.3 Å². The van der Waals surface area contributed by atoms with E-state index in [1.807, 2.05) is 36.4 Å². The highest BCUT2D eigenvalue weighted by Gasteiger charge is 2.24. The van der Waals surface area contributed by atoms with Gasteiger partial charge in [-0.1, -0.05) is 63.0 Å². The largest absolute Gasteiger partial charge is 0.457 e. The van der Waals surface area contributed by atoms with E-state index in [4.69, 9.17) is 20.9 Å². The van der Waals surface area contributed by atoms with Crippen molar-refractivity contribution in [1.29, 1.82) is 0 Å². The SMILES string of the molecule is Cc1onc(-c2ccccc2Cl)c1C(=O)OCc1cccc(Br)c1. The highest BCUT2D eigenvalue weighted by Crippen LogP contribution is 2.31. The normalized spacial score (nSPS) is 10.6. The number of aryl methyl sites for hydroxylation is 1. The number of nitrogens with zero attached hydrogens (tertiary/aromatic N) is 1. The molecule has 0 radical (unpaired) electrons. The van der Waals surface area contributed by atoms with Gasteiger partial charge in [0.1, 0.15) is 23.6 Å². The van der Waals surface area contributed by atoms with Crippen LogP contribution in [0.15, 0.2) is 57.5 Å². The fourth-order valence-corrected chi connectivity index (χ4v) is 2.97. The topological polar surface area (TPSA) is 52.3 Å². The van der Waals surface area contributed by atoms with Crippen LogP contribution >= 0.6 is 27.5 Å². The Morgan fingerprint density at radius 1 is 1.25 bits per heavy atom. The molecule has 3 aromatic rings. The van der Waals surface area contributed by atoms with Gasteiger partial charge in [-0.15, -0.1) is 0 Å². The number of carbonyl (C=O) groups is 1. The summed E-state index contributed by atoms with van der Waals surface area (Å²) < 4.78 is 11.5. The molecule has 0 aliphatic heterocycles. The van der Waals surface area contributed by atoms with Gasteiger partial charge in [0.15, 0.2) is 0 Å². The molecule has 2 aromatic carbocycles. The van der Waals surface area contributed by atoms with Gasteiger partial charge in [0.25, 0.3) is 0 Å². The van der Waals surface area contributed by atoms with Gasteiger partial charge < -0.3 is 9.26 Å². The first kappa shape index (κ1) is 16.7. The molecule has 24 heavy (non-hydrogen) atoms. The molecule has 1 heterocycles. The molecule has 0 N–H and O–H groups in total. The van der Waals surface area contributed by atoms with Crippen molar-refractivity contribution < 1.29 is 14.1 Å². The predicted molar refractivity (Wildman–Crippen MR) is 94.9 cm³/mol. The highest BCUT2D eigenvalue weighted by atomic mass is 79.9. The lowest BCUT2D eigenvalue weighted by atomic mass is 10.1. The Morgan fingerprint density at radius 2 is 2.04 bits per heavy atom. The van der Waals surface area contributed by atoms with Crippen LogP contribution in [0.3, 0.4) is 0 Å². The quantitative estimate of drug-likeness (QED) is 0.543. The molecule has 4 nitrogen and oxygen atoms in total. The number of hydrogen-bond donors (Lipinski definition) is 0. The van der Waals surface area contributed by atoms with Crippen molar-refractivity contribution in [3.63, 3.8) is 0 Å². The summed E-state index contributed by atoms with van der Waals surface area (Å²) in [7, 11) is 0. The predicted octanol–water partition coefficient (Wildman–Crippen LogP) is 5.42. The molecule has 0 atom stereocenters. The van der Waals surface area contributed by atoms with Crippen LogP contribution in [0.25, 0.3) is 11.3 Å². The smallest absolute Gasteiger partial charge is 0.344 e. The van der Waals surface area contributed by atoms with Gasteiger partial charge in [0.2, 0.25) is 0 Å². The van der Waals surface area contributed by atoms with Gasteiger partial charge in [-0.3, -0.25) is 0 Å². The lowest BCUT2D eigenvalue weighted by Gasteiger charge is -2.06. The maximum atomic E-state index is 12.5. The highest BCUT2D eigenvalue weighted by molar-refractivity contribution is 9.10. The van der Waals surface area contributed by atoms with Crippen LogP contribution in [0.1, 0.15) is 21.7 Å². The van der Waals surface area contributed by atoms with E-state index in [1.54, 1.807) is 19.1 Å². The number of esters is 1. The van der Waals surface area contributed by atoms with E-state index >= 15 is 0 Å². The van der Waals surface area contributed by atoms with E-state index in [2.05, 4.69) is 21.1 Å². The molecule has 122 valence electrons. The number of rotatable bonds is 4. The first-order valence-electron chi connectivity index (χ1n) is 7.19. The molecule has 3 rings (SSSR count). The van der Waals surface area contributed by atoms with Crippen LogP contribution in [0, 0.1) is 6.92 Å². The van der Waals surface area contributed by atoms with Gasteiger partial charge in [0.05, 0.1) is 5.02 Å². The minimum absolute atomic E-state index is 0.158. The number of aromatic nitrogens is 1. The van der Waals surface area contributed by atoms with Crippen molar-refractivity contribution in [1.82, 2.24) is 5.16 Å². The van der Waals surface area contributed by atoms with E-state index in [0.29, 0.717) is 22.0 Å². The zero-order valence-electron chi connectivity index (χ0n) is 12.8. The van der Waals surface area contributed by atoms with E-state index in [1.165, 1.54) is 0 Å². The molecule has 0 saturated heterocycles. The average molecular weight is 407 g/mol.